The van der Waals surface area contributed by atoms with Crippen molar-refractivity contribution in [2.24, 2.45) is 5.10 Å². The molecule has 0 bridgehead atoms. The lowest BCUT2D eigenvalue weighted by molar-refractivity contribution is -0.136. The van der Waals surface area contributed by atoms with Crippen molar-refractivity contribution in [2.45, 2.75) is 20.3 Å². The quantitative estimate of drug-likeness (QED) is 0.389. The first-order chi connectivity index (χ1) is 13.2. The number of carbonyl (C=O) groups is 3. The molecule has 0 aliphatic heterocycles. The molecule has 2 rings (SSSR count). The molecule has 0 atom stereocenters. The molecule has 2 aromatic carbocycles. The number of hydrogen-bond acceptors (Lipinski definition) is 4. The normalized spacial score (nSPS) is 10.9. The number of hydrogen-bond donors (Lipinski definition) is 3. The Morgan fingerprint density at radius 2 is 1.64 bits per heavy atom. The fourth-order valence-electron chi connectivity index (χ4n) is 2.08. The van der Waals surface area contributed by atoms with Crippen LogP contribution in [0.3, 0.4) is 0 Å². The fourth-order valence-corrected chi connectivity index (χ4v) is 2.53. The molecule has 9 heteroatoms. The number of hydrazone groups is 1. The van der Waals surface area contributed by atoms with Gasteiger partial charge in [-0.2, -0.15) is 5.10 Å². The minimum atomic E-state index is -0.943. The van der Waals surface area contributed by atoms with Gasteiger partial charge in [-0.3, -0.25) is 14.4 Å². The monoisotopic (exact) mass is 420 g/mol. The molecule has 0 aromatic heterocycles. The van der Waals surface area contributed by atoms with Crippen LogP contribution in [-0.2, 0) is 14.4 Å². The summed E-state index contributed by atoms with van der Waals surface area (Å²) < 4.78 is 0. The van der Waals surface area contributed by atoms with Gasteiger partial charge >= 0.3 is 11.8 Å². The van der Waals surface area contributed by atoms with Gasteiger partial charge in [-0.1, -0.05) is 40.9 Å². The third-order valence-corrected chi connectivity index (χ3v) is 4.03. The largest absolute Gasteiger partial charge is 0.329 e. The first-order valence-electron chi connectivity index (χ1n) is 8.20. The van der Waals surface area contributed by atoms with Crippen LogP contribution in [0, 0.1) is 6.92 Å². The lowest BCUT2D eigenvalue weighted by Crippen LogP contribution is -2.33. The van der Waals surface area contributed by atoms with Crippen LogP contribution in [0.2, 0.25) is 10.0 Å². The van der Waals surface area contributed by atoms with Gasteiger partial charge in [-0.25, -0.2) is 5.43 Å². The van der Waals surface area contributed by atoms with Crippen LogP contribution in [0.5, 0.6) is 0 Å². The minimum Gasteiger partial charge on any atom is -0.324 e. The van der Waals surface area contributed by atoms with E-state index in [9.17, 15) is 14.4 Å². The molecule has 0 aliphatic rings. The third kappa shape index (κ3) is 6.68. The number of benzene rings is 2. The summed E-state index contributed by atoms with van der Waals surface area (Å²) in [6, 6.07) is 11.7. The van der Waals surface area contributed by atoms with Gasteiger partial charge in [0.05, 0.1) is 17.1 Å². The van der Waals surface area contributed by atoms with Crippen molar-refractivity contribution >= 4 is 58.0 Å². The highest BCUT2D eigenvalue weighted by Gasteiger charge is 2.14. The summed E-state index contributed by atoms with van der Waals surface area (Å²) >= 11 is 11.8. The lowest BCUT2D eigenvalue weighted by Gasteiger charge is -2.08. The number of nitrogens with zero attached hydrogens (tertiary/aromatic N) is 1. The smallest absolute Gasteiger partial charge is 0.324 e. The summed E-state index contributed by atoms with van der Waals surface area (Å²) in [4.78, 5) is 35.7. The molecule has 0 unspecified atom stereocenters. The van der Waals surface area contributed by atoms with Crippen LogP contribution in [0.1, 0.15) is 18.9 Å². The van der Waals surface area contributed by atoms with Crippen molar-refractivity contribution in [1.82, 2.24) is 5.43 Å². The Morgan fingerprint density at radius 1 is 0.964 bits per heavy atom. The van der Waals surface area contributed by atoms with Gasteiger partial charge in [-0.05, 0) is 44.2 Å². The standard InChI is InChI=1S/C19H18Cl2N4O3/c1-11-3-6-14(7-4-11)22-18(27)19(28)25-24-12(2)9-17(26)23-16-8-5-13(20)10-15(16)21/h3-8,10H,9H2,1-2H3,(H,22,27)(H,23,26)(H,25,28)/b24-12+. The van der Waals surface area contributed by atoms with E-state index in [1.165, 1.54) is 6.07 Å². The molecule has 28 heavy (non-hydrogen) atoms. The van der Waals surface area contributed by atoms with Crippen LogP contribution in [0.15, 0.2) is 47.6 Å². The Kier molecular flexibility index (Phi) is 7.54. The molecule has 0 heterocycles. The summed E-state index contributed by atoms with van der Waals surface area (Å²) in [6.07, 6.45) is -0.0984. The van der Waals surface area contributed by atoms with Crippen molar-refractivity contribution in [3.8, 4) is 0 Å². The Bertz CT molecular complexity index is 927. The Morgan fingerprint density at radius 3 is 2.29 bits per heavy atom. The van der Waals surface area contributed by atoms with Crippen LogP contribution in [0.25, 0.3) is 0 Å². The average molecular weight is 421 g/mol. The van der Waals surface area contributed by atoms with Crippen molar-refractivity contribution < 1.29 is 14.4 Å². The Labute approximate surface area is 172 Å². The average Bonchev–Trinajstić information content (AvgIpc) is 2.64. The van der Waals surface area contributed by atoms with E-state index in [-0.39, 0.29) is 12.3 Å². The molecule has 146 valence electrons. The molecular formula is C19H18Cl2N4O3. The number of carbonyl (C=O) groups excluding carboxylic acids is 3. The molecule has 0 saturated carbocycles. The van der Waals surface area contributed by atoms with Gasteiger partial charge in [0, 0.05) is 16.4 Å². The SMILES string of the molecule is C/C(CC(=O)Nc1ccc(Cl)cc1Cl)=N\NC(=O)C(=O)Nc1ccc(C)cc1. The van der Waals surface area contributed by atoms with Gasteiger partial charge < -0.3 is 10.6 Å². The van der Waals surface area contributed by atoms with Crippen LogP contribution in [0.4, 0.5) is 11.4 Å². The summed E-state index contributed by atoms with van der Waals surface area (Å²) in [5, 5.41) is 9.58. The number of rotatable bonds is 5. The van der Waals surface area contributed by atoms with Gasteiger partial charge in [0.15, 0.2) is 0 Å². The molecule has 0 saturated heterocycles. The maximum atomic E-state index is 12.0. The van der Waals surface area contributed by atoms with Crippen LogP contribution >= 0.6 is 23.2 Å². The van der Waals surface area contributed by atoms with Gasteiger partial charge in [0.25, 0.3) is 0 Å². The molecular weight excluding hydrogens is 403 g/mol. The van der Waals surface area contributed by atoms with E-state index in [0.717, 1.165) is 5.56 Å². The molecule has 0 fully saturated rings. The zero-order chi connectivity index (χ0) is 20.7. The maximum absolute atomic E-state index is 12.0. The molecule has 0 spiro atoms. The van der Waals surface area contributed by atoms with E-state index in [1.807, 2.05) is 6.92 Å². The zero-order valence-electron chi connectivity index (χ0n) is 15.2. The van der Waals surface area contributed by atoms with Gasteiger partial charge in [-0.15, -0.1) is 0 Å². The predicted molar refractivity (Wildman–Crippen MR) is 111 cm³/mol. The minimum absolute atomic E-state index is 0.0984. The summed E-state index contributed by atoms with van der Waals surface area (Å²) in [5.41, 5.74) is 4.35. The summed E-state index contributed by atoms with van der Waals surface area (Å²) in [7, 11) is 0. The predicted octanol–water partition coefficient (Wildman–Crippen LogP) is 3.76. The summed E-state index contributed by atoms with van der Waals surface area (Å²) in [5.74, 6) is -2.19. The van der Waals surface area contributed by atoms with E-state index in [4.69, 9.17) is 23.2 Å². The second-order valence-corrected chi connectivity index (χ2v) is 6.80. The van der Waals surface area contributed by atoms with Crippen LogP contribution < -0.4 is 16.1 Å². The third-order valence-electron chi connectivity index (χ3n) is 3.49. The first kappa shape index (κ1) is 21.4. The number of aryl methyl sites for hydroxylation is 1. The molecule has 3 amide bonds. The van der Waals surface area contributed by atoms with Crippen molar-refractivity contribution in [2.75, 3.05) is 10.6 Å². The number of amides is 3. The Balaban J connectivity index is 1.85. The van der Waals surface area contributed by atoms with Gasteiger partial charge in [0.2, 0.25) is 5.91 Å². The Hall–Kier alpha value is -2.90. The van der Waals surface area contributed by atoms with E-state index in [0.29, 0.717) is 27.1 Å². The number of nitrogens with one attached hydrogen (secondary N) is 3. The topological polar surface area (TPSA) is 99.7 Å². The highest BCUT2D eigenvalue weighted by atomic mass is 35.5. The fraction of sp³-hybridized carbons (Fsp3) is 0.158. The van der Waals surface area contributed by atoms with E-state index < -0.39 is 11.8 Å². The summed E-state index contributed by atoms with van der Waals surface area (Å²) in [6.45, 7) is 3.45. The number of anilines is 2. The highest BCUT2D eigenvalue weighted by Crippen LogP contribution is 2.25. The highest BCUT2D eigenvalue weighted by molar-refractivity contribution is 6.39. The van der Waals surface area contributed by atoms with Crippen molar-refractivity contribution in [3.63, 3.8) is 0 Å². The molecule has 0 radical (unpaired) electrons. The lowest BCUT2D eigenvalue weighted by atomic mass is 10.2. The maximum Gasteiger partial charge on any atom is 0.329 e. The molecule has 0 aliphatic carbocycles. The molecule has 7 nitrogen and oxygen atoms in total. The van der Waals surface area contributed by atoms with E-state index in [2.05, 4.69) is 21.2 Å². The molecule has 2 aromatic rings. The first-order valence-corrected chi connectivity index (χ1v) is 8.96. The second-order valence-electron chi connectivity index (χ2n) is 5.96. The zero-order valence-corrected chi connectivity index (χ0v) is 16.7. The van der Waals surface area contributed by atoms with Gasteiger partial charge in [0.1, 0.15) is 0 Å². The van der Waals surface area contributed by atoms with Crippen molar-refractivity contribution in [1.29, 1.82) is 0 Å². The van der Waals surface area contributed by atoms with Crippen molar-refractivity contribution in [3.05, 3.63) is 58.1 Å². The van der Waals surface area contributed by atoms with E-state index >= 15 is 0 Å². The number of halogens is 2. The second kappa shape index (κ2) is 9.87. The van der Waals surface area contributed by atoms with Crippen LogP contribution in [-0.4, -0.2) is 23.4 Å². The van der Waals surface area contributed by atoms with E-state index in [1.54, 1.807) is 43.3 Å². The molecule has 3 N–H and O–H groups in total.